The third-order valence-electron chi connectivity index (χ3n) is 3.62. The van der Waals surface area contributed by atoms with Crippen molar-refractivity contribution in [3.63, 3.8) is 0 Å². The molecule has 0 aliphatic carbocycles. The summed E-state index contributed by atoms with van der Waals surface area (Å²) in [5.74, 6) is -3.24. The standard InChI is InChI=1S/C20H15NO8/c22-14(5-1-12-3-7-18(24)16(9-12)20(26)27)11-15(23)6-2-13-4-8-19(25)17(10-13)21(28)29/h1-11,23-25H,(H,26,27)/b5-1+,6-2+,15-11-. The first-order valence-electron chi connectivity index (χ1n) is 8.02. The summed E-state index contributed by atoms with van der Waals surface area (Å²) in [5, 5.41) is 48.4. The molecule has 148 valence electrons. The van der Waals surface area contributed by atoms with Gasteiger partial charge in [0.1, 0.15) is 17.1 Å². The smallest absolute Gasteiger partial charge is 0.339 e. The molecule has 0 atom stereocenters. The molecule has 4 N–H and O–H groups in total. The summed E-state index contributed by atoms with van der Waals surface area (Å²) in [6.45, 7) is 0. The van der Waals surface area contributed by atoms with Gasteiger partial charge in [0, 0.05) is 12.1 Å². The van der Waals surface area contributed by atoms with Gasteiger partial charge in [-0.25, -0.2) is 4.79 Å². The average Bonchev–Trinajstić information content (AvgIpc) is 2.66. The maximum absolute atomic E-state index is 11.9. The number of hydrogen-bond acceptors (Lipinski definition) is 7. The van der Waals surface area contributed by atoms with Gasteiger partial charge in [-0.15, -0.1) is 0 Å². The Morgan fingerprint density at radius 1 is 0.897 bits per heavy atom. The molecule has 0 saturated carbocycles. The van der Waals surface area contributed by atoms with Crippen LogP contribution in [0.4, 0.5) is 5.69 Å². The number of aliphatic hydroxyl groups is 1. The van der Waals surface area contributed by atoms with E-state index in [4.69, 9.17) is 5.11 Å². The summed E-state index contributed by atoms with van der Waals surface area (Å²) < 4.78 is 0. The number of carbonyl (C=O) groups is 2. The lowest BCUT2D eigenvalue weighted by Gasteiger charge is -2.00. The summed E-state index contributed by atoms with van der Waals surface area (Å²) in [5.41, 5.74) is -0.135. The number of carboxylic acid groups (broad SMARTS) is 1. The van der Waals surface area contributed by atoms with E-state index in [-0.39, 0.29) is 5.56 Å². The lowest BCUT2D eigenvalue weighted by molar-refractivity contribution is -0.385. The zero-order valence-electron chi connectivity index (χ0n) is 14.7. The molecule has 0 bridgehead atoms. The van der Waals surface area contributed by atoms with Crippen LogP contribution in [-0.2, 0) is 4.79 Å². The number of aliphatic hydroxyl groups excluding tert-OH is 1. The molecule has 2 aromatic carbocycles. The Morgan fingerprint density at radius 3 is 2.10 bits per heavy atom. The Hall–Kier alpha value is -4.40. The summed E-state index contributed by atoms with van der Waals surface area (Å²) >= 11 is 0. The van der Waals surface area contributed by atoms with Gasteiger partial charge in [-0.2, -0.15) is 0 Å². The van der Waals surface area contributed by atoms with Gasteiger partial charge in [0.2, 0.25) is 0 Å². The van der Waals surface area contributed by atoms with Crippen molar-refractivity contribution in [3.05, 3.63) is 87.2 Å². The number of aromatic carboxylic acids is 1. The van der Waals surface area contributed by atoms with Crippen LogP contribution in [0.25, 0.3) is 12.2 Å². The van der Waals surface area contributed by atoms with Crippen LogP contribution in [0.15, 0.2) is 60.4 Å². The van der Waals surface area contributed by atoms with E-state index in [9.17, 15) is 35.0 Å². The van der Waals surface area contributed by atoms with Crippen LogP contribution < -0.4 is 0 Å². The first kappa shape index (κ1) is 20.9. The minimum absolute atomic E-state index is 0.316. The second-order valence-electron chi connectivity index (χ2n) is 5.73. The molecule has 0 radical (unpaired) electrons. The van der Waals surface area contributed by atoms with Crippen LogP contribution in [0, 0.1) is 10.1 Å². The highest BCUT2D eigenvalue weighted by molar-refractivity contribution is 6.02. The molecule has 9 nitrogen and oxygen atoms in total. The number of allylic oxidation sites excluding steroid dienone is 3. The van der Waals surface area contributed by atoms with Gasteiger partial charge >= 0.3 is 11.7 Å². The lowest BCUT2D eigenvalue weighted by Crippen LogP contribution is -1.97. The van der Waals surface area contributed by atoms with Gasteiger partial charge in [0.05, 0.1) is 4.92 Å². The highest BCUT2D eigenvalue weighted by Crippen LogP contribution is 2.26. The van der Waals surface area contributed by atoms with Crippen LogP contribution in [0.2, 0.25) is 0 Å². The minimum Gasteiger partial charge on any atom is -0.508 e. The fraction of sp³-hybridized carbons (Fsp3) is 0. The zero-order chi connectivity index (χ0) is 21.6. The first-order chi connectivity index (χ1) is 13.7. The maximum Gasteiger partial charge on any atom is 0.339 e. The van der Waals surface area contributed by atoms with E-state index in [2.05, 4.69) is 0 Å². The number of ketones is 1. The van der Waals surface area contributed by atoms with Crippen molar-refractivity contribution in [1.82, 2.24) is 0 Å². The minimum atomic E-state index is -1.32. The van der Waals surface area contributed by atoms with Crippen molar-refractivity contribution in [2.24, 2.45) is 0 Å². The Labute approximate surface area is 163 Å². The van der Waals surface area contributed by atoms with Crippen molar-refractivity contribution in [1.29, 1.82) is 0 Å². The fourth-order valence-electron chi connectivity index (χ4n) is 2.22. The van der Waals surface area contributed by atoms with E-state index in [0.717, 1.165) is 30.4 Å². The second-order valence-corrected chi connectivity index (χ2v) is 5.73. The quantitative estimate of drug-likeness (QED) is 0.182. The molecule has 0 heterocycles. The van der Waals surface area contributed by atoms with Gasteiger partial charge in [0.15, 0.2) is 11.5 Å². The fourth-order valence-corrected chi connectivity index (χ4v) is 2.22. The average molecular weight is 397 g/mol. The number of benzene rings is 2. The first-order valence-corrected chi connectivity index (χ1v) is 8.02. The van der Waals surface area contributed by atoms with Gasteiger partial charge in [0.25, 0.3) is 0 Å². The van der Waals surface area contributed by atoms with Crippen molar-refractivity contribution < 1.29 is 34.9 Å². The predicted octanol–water partition coefficient (Wildman–Crippen LogP) is 3.44. The van der Waals surface area contributed by atoms with E-state index in [1.807, 2.05) is 0 Å². The maximum atomic E-state index is 11.9. The Kier molecular flexibility index (Phi) is 6.49. The molecule has 2 rings (SSSR count). The number of carbonyl (C=O) groups excluding carboxylic acids is 1. The molecule has 0 unspecified atom stereocenters. The molecular formula is C20H15NO8. The van der Waals surface area contributed by atoms with Crippen LogP contribution in [-0.4, -0.2) is 37.1 Å². The largest absolute Gasteiger partial charge is 0.508 e. The number of nitrogens with zero attached hydrogens (tertiary/aromatic N) is 1. The van der Waals surface area contributed by atoms with Crippen LogP contribution >= 0.6 is 0 Å². The third kappa shape index (κ3) is 5.79. The number of phenols is 2. The molecule has 29 heavy (non-hydrogen) atoms. The molecular weight excluding hydrogens is 382 g/mol. The Bertz CT molecular complexity index is 1070. The lowest BCUT2D eigenvalue weighted by atomic mass is 10.1. The molecule has 0 aliphatic rings. The van der Waals surface area contributed by atoms with Gasteiger partial charge < -0.3 is 20.4 Å². The van der Waals surface area contributed by atoms with Crippen molar-refractivity contribution >= 4 is 29.6 Å². The Morgan fingerprint density at radius 2 is 1.48 bits per heavy atom. The number of rotatable bonds is 7. The number of carboxylic acids is 1. The predicted molar refractivity (Wildman–Crippen MR) is 104 cm³/mol. The third-order valence-corrected chi connectivity index (χ3v) is 3.62. The molecule has 0 amide bonds. The monoisotopic (exact) mass is 397 g/mol. The van der Waals surface area contributed by atoms with Crippen molar-refractivity contribution in [3.8, 4) is 11.5 Å². The molecule has 0 saturated heterocycles. The van der Waals surface area contributed by atoms with Crippen LogP contribution in [0.1, 0.15) is 21.5 Å². The zero-order valence-corrected chi connectivity index (χ0v) is 14.7. The Balaban J connectivity index is 2.11. The molecule has 0 spiro atoms. The van der Waals surface area contributed by atoms with Gasteiger partial charge in [-0.1, -0.05) is 24.3 Å². The molecule has 0 aliphatic heterocycles. The van der Waals surface area contributed by atoms with Crippen LogP contribution in [0.5, 0.6) is 11.5 Å². The number of phenolic OH excluding ortho intramolecular Hbond substituents is 1. The summed E-state index contributed by atoms with van der Waals surface area (Å²) in [6.07, 6.45) is 5.75. The number of aromatic hydroxyl groups is 2. The number of nitro groups is 1. The highest BCUT2D eigenvalue weighted by Gasteiger charge is 2.12. The summed E-state index contributed by atoms with van der Waals surface area (Å²) in [6, 6.07) is 7.40. The van der Waals surface area contributed by atoms with Crippen LogP contribution in [0.3, 0.4) is 0 Å². The molecule has 0 aromatic heterocycles. The summed E-state index contributed by atoms with van der Waals surface area (Å²) in [7, 11) is 0. The highest BCUT2D eigenvalue weighted by atomic mass is 16.6. The van der Waals surface area contributed by atoms with E-state index in [1.54, 1.807) is 0 Å². The molecule has 2 aromatic rings. The van der Waals surface area contributed by atoms with Crippen molar-refractivity contribution in [2.75, 3.05) is 0 Å². The SMILES string of the molecule is O=C(/C=C(O)/C=C/c1ccc(O)c([N+](=O)[O-])c1)/C=C/c1ccc(O)c(C(=O)O)c1. The normalized spacial score (nSPS) is 11.8. The molecule has 0 fully saturated rings. The van der Waals surface area contributed by atoms with Gasteiger partial charge in [-0.3, -0.25) is 14.9 Å². The van der Waals surface area contributed by atoms with E-state index >= 15 is 0 Å². The van der Waals surface area contributed by atoms with E-state index in [0.29, 0.717) is 11.1 Å². The number of hydrogen-bond donors (Lipinski definition) is 4. The van der Waals surface area contributed by atoms with E-state index < -0.39 is 39.6 Å². The van der Waals surface area contributed by atoms with Crippen molar-refractivity contribution in [2.45, 2.75) is 0 Å². The van der Waals surface area contributed by atoms with Gasteiger partial charge in [-0.05, 0) is 41.5 Å². The molecule has 9 heteroatoms. The topological polar surface area (TPSA) is 158 Å². The van der Waals surface area contributed by atoms with E-state index in [1.165, 1.54) is 36.4 Å². The number of nitro benzene ring substituents is 1. The second kappa shape index (κ2) is 9.00. The summed E-state index contributed by atoms with van der Waals surface area (Å²) in [4.78, 5) is 32.9.